The van der Waals surface area contributed by atoms with Gasteiger partial charge >= 0.3 is 0 Å². The lowest BCUT2D eigenvalue weighted by Crippen LogP contribution is -2.38. The molecule has 0 radical (unpaired) electrons. The lowest BCUT2D eigenvalue weighted by Gasteiger charge is -2.27. The first kappa shape index (κ1) is 11.7. The fourth-order valence-corrected chi connectivity index (χ4v) is 3.40. The summed E-state index contributed by atoms with van der Waals surface area (Å²) in [4.78, 5) is 1.29. The van der Waals surface area contributed by atoms with E-state index in [1.54, 1.807) is 11.3 Å². The van der Waals surface area contributed by atoms with Gasteiger partial charge in [-0.2, -0.15) is 0 Å². The van der Waals surface area contributed by atoms with E-state index in [1.807, 2.05) is 6.07 Å². The van der Waals surface area contributed by atoms with Crippen molar-refractivity contribution < 1.29 is 0 Å². The van der Waals surface area contributed by atoms with Crippen molar-refractivity contribution in [3.63, 3.8) is 0 Å². The van der Waals surface area contributed by atoms with Crippen molar-refractivity contribution in [2.45, 2.75) is 43.6 Å². The van der Waals surface area contributed by atoms with Gasteiger partial charge in [0.25, 0.3) is 0 Å². The summed E-state index contributed by atoms with van der Waals surface area (Å²) in [6.07, 6.45) is 4.92. The Hall–Kier alpha value is 0.240. The summed E-state index contributed by atoms with van der Waals surface area (Å²) < 4.78 is 0.859. The first-order valence-electron chi connectivity index (χ1n) is 5.37. The number of thiophene rings is 1. The van der Waals surface area contributed by atoms with Crippen molar-refractivity contribution in [1.29, 1.82) is 0 Å². The number of nitrogens with one attached hydrogen (secondary N) is 1. The number of hydrogen-bond acceptors (Lipinski definition) is 2. The molecule has 1 N–H and O–H groups in total. The van der Waals surface area contributed by atoms with Gasteiger partial charge < -0.3 is 5.32 Å². The molecule has 2 unspecified atom stereocenters. The quantitative estimate of drug-likeness (QED) is 0.812. The molecule has 1 aromatic rings. The fourth-order valence-electron chi connectivity index (χ4n) is 1.99. The monoisotopic (exact) mass is 263 g/mol. The Balaban J connectivity index is 1.81. The van der Waals surface area contributed by atoms with Crippen molar-refractivity contribution in [2.75, 3.05) is 0 Å². The van der Waals surface area contributed by atoms with Crippen LogP contribution in [0.4, 0.5) is 0 Å². The van der Waals surface area contributed by atoms with Crippen LogP contribution in [0.1, 0.15) is 30.6 Å². The van der Waals surface area contributed by atoms with Crippen LogP contribution in [0.3, 0.4) is 0 Å². The van der Waals surface area contributed by atoms with Crippen LogP contribution in [-0.4, -0.2) is 11.4 Å². The average molecular weight is 264 g/mol. The minimum Gasteiger partial charge on any atom is -0.308 e. The number of rotatable bonds is 3. The molecule has 1 saturated carbocycles. The van der Waals surface area contributed by atoms with E-state index in [9.17, 15) is 0 Å². The van der Waals surface area contributed by atoms with Gasteiger partial charge in [0.2, 0.25) is 0 Å². The standard InChI is InChI=1S/C11H15Cl2NS/c12-9-3-1-2-4-10(9)14-7-8-5-6-11(13)15-8/h5-6,9-10,14H,1-4,7H2. The predicted molar refractivity (Wildman–Crippen MR) is 68.1 cm³/mol. The van der Waals surface area contributed by atoms with Crippen molar-refractivity contribution in [2.24, 2.45) is 0 Å². The molecule has 0 aliphatic heterocycles. The molecule has 4 heteroatoms. The van der Waals surface area contributed by atoms with Crippen LogP contribution in [0.5, 0.6) is 0 Å². The Bertz CT molecular complexity index is 313. The molecule has 1 nitrogen and oxygen atoms in total. The maximum atomic E-state index is 6.27. The molecule has 1 aromatic heterocycles. The highest BCUT2D eigenvalue weighted by atomic mass is 35.5. The molecule has 84 valence electrons. The van der Waals surface area contributed by atoms with Gasteiger partial charge in [-0.15, -0.1) is 22.9 Å². The molecule has 1 heterocycles. The van der Waals surface area contributed by atoms with Gasteiger partial charge in [0.05, 0.1) is 4.34 Å². The van der Waals surface area contributed by atoms with Gasteiger partial charge in [-0.3, -0.25) is 0 Å². The van der Waals surface area contributed by atoms with E-state index in [0.717, 1.165) is 17.3 Å². The van der Waals surface area contributed by atoms with Crippen molar-refractivity contribution >= 4 is 34.5 Å². The molecule has 1 aliphatic rings. The summed E-state index contributed by atoms with van der Waals surface area (Å²) in [5.74, 6) is 0. The highest BCUT2D eigenvalue weighted by molar-refractivity contribution is 7.16. The Morgan fingerprint density at radius 3 is 2.80 bits per heavy atom. The first-order chi connectivity index (χ1) is 7.25. The summed E-state index contributed by atoms with van der Waals surface area (Å²) in [6, 6.07) is 4.50. The molecule has 1 aliphatic carbocycles. The largest absolute Gasteiger partial charge is 0.308 e. The second kappa shape index (κ2) is 5.53. The van der Waals surface area contributed by atoms with Crippen LogP contribution < -0.4 is 5.32 Å². The van der Waals surface area contributed by atoms with E-state index in [4.69, 9.17) is 23.2 Å². The number of halogens is 2. The highest BCUT2D eigenvalue weighted by Crippen LogP contribution is 2.25. The zero-order valence-corrected chi connectivity index (χ0v) is 10.8. The summed E-state index contributed by atoms with van der Waals surface area (Å²) in [7, 11) is 0. The van der Waals surface area contributed by atoms with Gasteiger partial charge in [-0.25, -0.2) is 0 Å². The van der Waals surface area contributed by atoms with E-state index in [1.165, 1.54) is 24.1 Å². The number of alkyl halides is 1. The highest BCUT2D eigenvalue weighted by Gasteiger charge is 2.22. The predicted octanol–water partition coefficient (Wildman–Crippen LogP) is 4.04. The van der Waals surface area contributed by atoms with Gasteiger partial charge in [-0.05, 0) is 25.0 Å². The van der Waals surface area contributed by atoms with Gasteiger partial charge in [0.1, 0.15) is 0 Å². The minimum atomic E-state index is 0.300. The SMILES string of the molecule is Clc1ccc(CNC2CCCCC2Cl)s1. The third kappa shape index (κ3) is 3.35. The van der Waals surface area contributed by atoms with E-state index in [-0.39, 0.29) is 0 Å². The Morgan fingerprint density at radius 1 is 1.33 bits per heavy atom. The molecule has 2 rings (SSSR count). The second-order valence-electron chi connectivity index (χ2n) is 3.99. The molecule has 15 heavy (non-hydrogen) atoms. The lowest BCUT2D eigenvalue weighted by molar-refractivity contribution is 0.379. The molecule has 2 atom stereocenters. The first-order valence-corrected chi connectivity index (χ1v) is 7.00. The Labute approximate surface area is 105 Å². The van der Waals surface area contributed by atoms with E-state index in [2.05, 4.69) is 11.4 Å². The van der Waals surface area contributed by atoms with Gasteiger partial charge in [-0.1, -0.05) is 24.4 Å². The maximum Gasteiger partial charge on any atom is 0.0931 e. The summed E-state index contributed by atoms with van der Waals surface area (Å²) in [6.45, 7) is 0.894. The Kier molecular flexibility index (Phi) is 4.32. The zero-order chi connectivity index (χ0) is 10.7. The van der Waals surface area contributed by atoms with Crippen LogP contribution in [0, 0.1) is 0 Å². The van der Waals surface area contributed by atoms with Gasteiger partial charge in [0.15, 0.2) is 0 Å². The number of hydrogen-bond donors (Lipinski definition) is 1. The summed E-state index contributed by atoms with van der Waals surface area (Å²) in [5, 5.41) is 3.82. The minimum absolute atomic E-state index is 0.300. The molecule has 0 bridgehead atoms. The third-order valence-electron chi connectivity index (χ3n) is 2.85. The smallest absolute Gasteiger partial charge is 0.0931 e. The van der Waals surface area contributed by atoms with Crippen molar-refractivity contribution in [1.82, 2.24) is 5.32 Å². The molecule has 0 aromatic carbocycles. The maximum absolute atomic E-state index is 6.27. The third-order valence-corrected chi connectivity index (χ3v) is 4.60. The zero-order valence-electron chi connectivity index (χ0n) is 8.51. The molecule has 0 saturated heterocycles. The van der Waals surface area contributed by atoms with Gasteiger partial charge in [0, 0.05) is 22.8 Å². The van der Waals surface area contributed by atoms with E-state index in [0.29, 0.717) is 11.4 Å². The summed E-state index contributed by atoms with van der Waals surface area (Å²) >= 11 is 13.8. The van der Waals surface area contributed by atoms with Crippen LogP contribution >= 0.6 is 34.5 Å². The van der Waals surface area contributed by atoms with E-state index >= 15 is 0 Å². The van der Waals surface area contributed by atoms with Crippen molar-refractivity contribution in [3.05, 3.63) is 21.3 Å². The van der Waals surface area contributed by atoms with E-state index < -0.39 is 0 Å². The molecular formula is C11H15Cl2NS. The van der Waals surface area contributed by atoms with Crippen LogP contribution in [0.2, 0.25) is 4.34 Å². The molecule has 1 fully saturated rings. The Morgan fingerprint density at radius 2 is 2.13 bits per heavy atom. The molecular weight excluding hydrogens is 249 g/mol. The summed E-state index contributed by atoms with van der Waals surface area (Å²) in [5.41, 5.74) is 0. The fraction of sp³-hybridized carbons (Fsp3) is 0.636. The molecule has 0 amide bonds. The second-order valence-corrected chi connectivity index (χ2v) is 6.35. The lowest BCUT2D eigenvalue weighted by atomic mass is 9.95. The topological polar surface area (TPSA) is 12.0 Å². The average Bonchev–Trinajstić information content (AvgIpc) is 2.63. The molecule has 0 spiro atoms. The van der Waals surface area contributed by atoms with Crippen LogP contribution in [0.15, 0.2) is 12.1 Å². The van der Waals surface area contributed by atoms with Crippen molar-refractivity contribution in [3.8, 4) is 0 Å². The van der Waals surface area contributed by atoms with Crippen LogP contribution in [-0.2, 0) is 6.54 Å². The van der Waals surface area contributed by atoms with Crippen LogP contribution in [0.25, 0.3) is 0 Å². The normalized spacial score (nSPS) is 26.8.